The summed E-state index contributed by atoms with van der Waals surface area (Å²) in [6.45, 7) is 3.04. The Morgan fingerprint density at radius 3 is 1.58 bits per heavy atom. The molecule has 0 unspecified atom stereocenters. The lowest BCUT2D eigenvalue weighted by atomic mass is 10.1. The van der Waals surface area contributed by atoms with Gasteiger partial charge in [0.15, 0.2) is 0 Å². The Balaban J connectivity index is 2.15. The predicted molar refractivity (Wildman–Crippen MR) is 110 cm³/mol. The summed E-state index contributed by atoms with van der Waals surface area (Å²) in [7, 11) is 2.12. The summed E-state index contributed by atoms with van der Waals surface area (Å²) in [5.41, 5.74) is 0. The fourth-order valence-electron chi connectivity index (χ4n) is 3.14. The van der Waals surface area contributed by atoms with Gasteiger partial charge in [-0.2, -0.15) is 0 Å². The lowest BCUT2D eigenvalue weighted by molar-refractivity contribution is 0.140. The topological polar surface area (TPSA) is 36.9 Å². The molecule has 0 saturated carbocycles. The van der Waals surface area contributed by atoms with E-state index in [2.05, 4.69) is 6.92 Å². The molecule has 150 valence electrons. The highest BCUT2D eigenvalue weighted by atomic mass is 28.4. The van der Waals surface area contributed by atoms with E-state index in [1.165, 1.54) is 57.8 Å². The number of unbranched alkanes of at least 4 members (excludes halogenated alkanes) is 9. The highest BCUT2D eigenvalue weighted by Crippen LogP contribution is 2.14. The summed E-state index contributed by atoms with van der Waals surface area (Å²) in [5, 5.41) is 0.941. The molecule has 0 atom stereocenters. The van der Waals surface area contributed by atoms with E-state index in [0.717, 1.165) is 24.0 Å². The molecule has 5 heteroatoms. The summed E-state index contributed by atoms with van der Waals surface area (Å²) >= 11 is 0. The standard InChI is InChI=1S/C21H38O4Si/c1-5-6-7-8-9-10-11-12-13-14-19-25-20-15-17-21(18-16-20)26(22-2,23-3)24-4/h15-18H,5-14,19H2,1-4H3. The highest BCUT2D eigenvalue weighted by molar-refractivity contribution is 6.75. The largest absolute Gasteiger partial charge is 0.536 e. The van der Waals surface area contributed by atoms with Gasteiger partial charge in [0.2, 0.25) is 0 Å². The van der Waals surface area contributed by atoms with Crippen molar-refractivity contribution in [2.45, 2.75) is 71.1 Å². The van der Waals surface area contributed by atoms with Gasteiger partial charge in [-0.05, 0) is 18.6 Å². The van der Waals surface area contributed by atoms with Crippen molar-refractivity contribution in [1.82, 2.24) is 0 Å². The number of ether oxygens (including phenoxy) is 1. The minimum Gasteiger partial charge on any atom is -0.494 e. The second-order valence-corrected chi connectivity index (χ2v) is 9.64. The zero-order valence-electron chi connectivity index (χ0n) is 17.2. The summed E-state index contributed by atoms with van der Waals surface area (Å²) < 4.78 is 22.3. The molecule has 1 aromatic carbocycles. The van der Waals surface area contributed by atoms with Gasteiger partial charge >= 0.3 is 8.80 Å². The fraction of sp³-hybridized carbons (Fsp3) is 0.714. The molecule has 0 bridgehead atoms. The van der Waals surface area contributed by atoms with Gasteiger partial charge in [-0.15, -0.1) is 0 Å². The third kappa shape index (κ3) is 8.21. The molecule has 0 amide bonds. The molecule has 1 aromatic rings. The molecule has 0 aliphatic carbocycles. The molecule has 4 nitrogen and oxygen atoms in total. The van der Waals surface area contributed by atoms with Crippen molar-refractivity contribution in [3.05, 3.63) is 24.3 Å². The quantitative estimate of drug-likeness (QED) is 0.295. The van der Waals surface area contributed by atoms with E-state index in [1.807, 2.05) is 24.3 Å². The molecule has 0 aliphatic rings. The maximum absolute atomic E-state index is 5.84. The van der Waals surface area contributed by atoms with E-state index in [4.69, 9.17) is 18.0 Å². The summed E-state index contributed by atoms with van der Waals surface area (Å²) in [6.07, 6.45) is 13.4. The van der Waals surface area contributed by atoms with Crippen LogP contribution >= 0.6 is 0 Å². The maximum Gasteiger partial charge on any atom is 0.536 e. The van der Waals surface area contributed by atoms with Crippen molar-refractivity contribution in [3.8, 4) is 5.75 Å². The van der Waals surface area contributed by atoms with E-state index < -0.39 is 8.80 Å². The zero-order chi connectivity index (χ0) is 19.1. The van der Waals surface area contributed by atoms with Crippen LogP contribution in [-0.4, -0.2) is 36.7 Å². The smallest absolute Gasteiger partial charge is 0.494 e. The average Bonchev–Trinajstić information content (AvgIpc) is 2.69. The third-order valence-corrected chi connectivity index (χ3v) is 7.43. The van der Waals surface area contributed by atoms with E-state index in [9.17, 15) is 0 Å². The van der Waals surface area contributed by atoms with Crippen molar-refractivity contribution in [2.24, 2.45) is 0 Å². The van der Waals surface area contributed by atoms with Gasteiger partial charge in [0.1, 0.15) is 5.75 Å². The van der Waals surface area contributed by atoms with E-state index in [1.54, 1.807) is 21.3 Å². The van der Waals surface area contributed by atoms with Gasteiger partial charge in [-0.25, -0.2) is 0 Å². The van der Waals surface area contributed by atoms with Gasteiger partial charge in [-0.1, -0.05) is 76.8 Å². The summed E-state index contributed by atoms with van der Waals surface area (Å²) in [4.78, 5) is 0. The van der Waals surface area contributed by atoms with Gasteiger partial charge in [0.25, 0.3) is 0 Å². The van der Waals surface area contributed by atoms with Gasteiger partial charge < -0.3 is 18.0 Å². The van der Waals surface area contributed by atoms with Gasteiger partial charge in [-0.3, -0.25) is 0 Å². The van der Waals surface area contributed by atoms with Crippen LogP contribution in [0.2, 0.25) is 0 Å². The first-order valence-corrected chi connectivity index (χ1v) is 11.8. The Kier molecular flexibility index (Phi) is 12.7. The molecular weight excluding hydrogens is 344 g/mol. The van der Waals surface area contributed by atoms with Gasteiger partial charge in [0.05, 0.1) is 6.61 Å². The van der Waals surface area contributed by atoms with Crippen LogP contribution in [0, 0.1) is 0 Å². The first-order valence-electron chi connectivity index (χ1n) is 10.1. The Hall–Kier alpha value is -0.883. The minimum absolute atomic E-state index is 0.775. The van der Waals surface area contributed by atoms with Crippen molar-refractivity contribution in [3.63, 3.8) is 0 Å². The third-order valence-electron chi connectivity index (χ3n) is 4.78. The summed E-state index contributed by atoms with van der Waals surface area (Å²) in [5.74, 6) is 0.885. The van der Waals surface area contributed by atoms with Crippen molar-refractivity contribution >= 4 is 14.0 Å². The Morgan fingerprint density at radius 1 is 0.654 bits per heavy atom. The fourth-order valence-corrected chi connectivity index (χ4v) is 4.92. The van der Waals surface area contributed by atoms with E-state index >= 15 is 0 Å². The van der Waals surface area contributed by atoms with Crippen LogP contribution in [0.5, 0.6) is 5.75 Å². The molecule has 0 saturated heterocycles. The lowest BCUT2D eigenvalue weighted by Gasteiger charge is -2.24. The Bertz CT molecular complexity index is 438. The van der Waals surface area contributed by atoms with Crippen molar-refractivity contribution in [2.75, 3.05) is 27.9 Å². The van der Waals surface area contributed by atoms with Crippen molar-refractivity contribution < 1.29 is 18.0 Å². The molecule has 0 aromatic heterocycles. The summed E-state index contributed by atoms with van der Waals surface area (Å²) in [6, 6.07) is 7.86. The lowest BCUT2D eigenvalue weighted by Crippen LogP contribution is -2.54. The normalized spacial score (nSPS) is 11.7. The van der Waals surface area contributed by atoms with Crippen LogP contribution in [0.3, 0.4) is 0 Å². The number of rotatable bonds is 16. The maximum atomic E-state index is 5.84. The first-order chi connectivity index (χ1) is 12.7. The van der Waals surface area contributed by atoms with E-state index in [-0.39, 0.29) is 0 Å². The Morgan fingerprint density at radius 2 is 1.12 bits per heavy atom. The molecule has 0 heterocycles. The highest BCUT2D eigenvalue weighted by Gasteiger charge is 2.40. The minimum atomic E-state index is -2.74. The van der Waals surface area contributed by atoms with Crippen LogP contribution in [0.1, 0.15) is 71.1 Å². The number of hydrogen-bond donors (Lipinski definition) is 0. The molecule has 0 radical (unpaired) electrons. The molecule has 0 fully saturated rings. The SMILES string of the molecule is CCCCCCCCCCCCOc1ccc([Si](OC)(OC)OC)cc1. The zero-order valence-corrected chi connectivity index (χ0v) is 18.2. The molecular formula is C21H38O4Si. The van der Waals surface area contributed by atoms with E-state index in [0.29, 0.717) is 0 Å². The predicted octanol–water partition coefficient (Wildman–Crippen LogP) is 5.07. The van der Waals surface area contributed by atoms with Crippen LogP contribution in [0.25, 0.3) is 0 Å². The first kappa shape index (κ1) is 23.2. The molecule has 1 rings (SSSR count). The monoisotopic (exact) mass is 382 g/mol. The number of hydrogen-bond acceptors (Lipinski definition) is 4. The van der Waals surface area contributed by atoms with Gasteiger partial charge in [0, 0.05) is 26.5 Å². The number of benzene rings is 1. The van der Waals surface area contributed by atoms with Crippen LogP contribution in [0.4, 0.5) is 0 Å². The van der Waals surface area contributed by atoms with Crippen LogP contribution < -0.4 is 9.92 Å². The molecule has 0 spiro atoms. The average molecular weight is 383 g/mol. The van der Waals surface area contributed by atoms with Crippen LogP contribution in [-0.2, 0) is 13.3 Å². The molecule has 26 heavy (non-hydrogen) atoms. The second-order valence-electron chi connectivity index (χ2n) is 6.72. The molecule has 0 aliphatic heterocycles. The van der Waals surface area contributed by atoms with Crippen LogP contribution in [0.15, 0.2) is 24.3 Å². The van der Waals surface area contributed by atoms with Crippen molar-refractivity contribution in [1.29, 1.82) is 0 Å². The molecule has 0 N–H and O–H groups in total. The Labute approximate surface area is 161 Å². The second kappa shape index (κ2) is 14.2.